The van der Waals surface area contributed by atoms with Crippen LogP contribution in [0.3, 0.4) is 0 Å². The van der Waals surface area contributed by atoms with Crippen molar-refractivity contribution in [1.82, 2.24) is 4.72 Å². The predicted octanol–water partition coefficient (Wildman–Crippen LogP) is 1.87. The molecule has 1 aromatic carbocycles. The van der Waals surface area contributed by atoms with Crippen molar-refractivity contribution in [1.29, 1.82) is 5.26 Å². The Hall–Kier alpha value is -1.62. The van der Waals surface area contributed by atoms with E-state index in [2.05, 4.69) is 4.72 Å². The molecule has 0 unspecified atom stereocenters. The number of aromatic carboxylic acids is 1. The maximum Gasteiger partial charge on any atom is 0.337 e. The maximum atomic E-state index is 12.0. The zero-order valence-corrected chi connectivity index (χ0v) is 12.4. The van der Waals surface area contributed by atoms with Gasteiger partial charge < -0.3 is 5.11 Å². The number of benzene rings is 1. The first-order valence-corrected chi connectivity index (χ1v) is 7.39. The van der Waals surface area contributed by atoms with Gasteiger partial charge in [0.1, 0.15) is 0 Å². The molecule has 0 amide bonds. The van der Waals surface area contributed by atoms with Crippen molar-refractivity contribution < 1.29 is 18.3 Å². The standard InChI is InChI=1S/C12H13ClN2O4S/c1-12(2,6-14)7-15-20(18,19)8-3-4-10(13)9(5-8)11(16)17/h3-5,15H,7H2,1-2H3,(H,16,17). The van der Waals surface area contributed by atoms with E-state index in [-0.39, 0.29) is 22.0 Å². The number of carboxylic acids is 1. The normalized spacial score (nSPS) is 11.9. The van der Waals surface area contributed by atoms with E-state index >= 15 is 0 Å². The van der Waals surface area contributed by atoms with Crippen molar-refractivity contribution in [2.24, 2.45) is 5.41 Å². The number of hydrogen-bond acceptors (Lipinski definition) is 4. The molecule has 0 bridgehead atoms. The van der Waals surface area contributed by atoms with Crippen LogP contribution in [-0.4, -0.2) is 26.0 Å². The van der Waals surface area contributed by atoms with Crippen LogP contribution in [0.4, 0.5) is 0 Å². The van der Waals surface area contributed by atoms with E-state index in [1.807, 2.05) is 6.07 Å². The fourth-order valence-electron chi connectivity index (χ4n) is 1.23. The summed E-state index contributed by atoms with van der Waals surface area (Å²) in [5.74, 6) is -1.32. The third kappa shape index (κ3) is 3.93. The van der Waals surface area contributed by atoms with Crippen LogP contribution < -0.4 is 4.72 Å². The van der Waals surface area contributed by atoms with Gasteiger partial charge >= 0.3 is 5.97 Å². The topological polar surface area (TPSA) is 107 Å². The highest BCUT2D eigenvalue weighted by molar-refractivity contribution is 7.89. The van der Waals surface area contributed by atoms with E-state index in [0.717, 1.165) is 6.07 Å². The second-order valence-electron chi connectivity index (χ2n) is 4.77. The quantitative estimate of drug-likeness (QED) is 0.862. The van der Waals surface area contributed by atoms with Gasteiger partial charge in [0.2, 0.25) is 10.0 Å². The predicted molar refractivity (Wildman–Crippen MR) is 73.0 cm³/mol. The highest BCUT2D eigenvalue weighted by atomic mass is 35.5. The summed E-state index contributed by atoms with van der Waals surface area (Å²) in [7, 11) is -3.90. The van der Waals surface area contributed by atoms with Gasteiger partial charge in [-0.3, -0.25) is 0 Å². The van der Waals surface area contributed by atoms with Crippen LogP contribution >= 0.6 is 11.6 Å². The van der Waals surface area contributed by atoms with E-state index < -0.39 is 21.4 Å². The first kappa shape index (κ1) is 16.4. The molecule has 0 radical (unpaired) electrons. The molecule has 2 N–H and O–H groups in total. The van der Waals surface area contributed by atoms with E-state index in [4.69, 9.17) is 22.0 Å². The molecule has 20 heavy (non-hydrogen) atoms. The summed E-state index contributed by atoms with van der Waals surface area (Å²) in [6.07, 6.45) is 0. The Labute approximate surface area is 122 Å². The third-order valence-electron chi connectivity index (χ3n) is 2.49. The summed E-state index contributed by atoms with van der Waals surface area (Å²) in [4.78, 5) is 10.7. The highest BCUT2D eigenvalue weighted by Crippen LogP contribution is 2.21. The van der Waals surface area contributed by atoms with Crippen LogP contribution in [0, 0.1) is 16.7 Å². The minimum absolute atomic E-state index is 0.0474. The third-order valence-corrected chi connectivity index (χ3v) is 4.21. The molecule has 1 rings (SSSR count). The zero-order chi connectivity index (χ0) is 15.6. The van der Waals surface area contributed by atoms with E-state index in [1.165, 1.54) is 12.1 Å². The van der Waals surface area contributed by atoms with Crippen LogP contribution in [0.25, 0.3) is 0 Å². The minimum atomic E-state index is -3.90. The Morgan fingerprint density at radius 3 is 2.60 bits per heavy atom. The smallest absolute Gasteiger partial charge is 0.337 e. The van der Waals surface area contributed by atoms with Gasteiger partial charge in [0.25, 0.3) is 0 Å². The van der Waals surface area contributed by atoms with Gasteiger partial charge in [-0.25, -0.2) is 17.9 Å². The molecule has 0 aliphatic rings. The van der Waals surface area contributed by atoms with E-state index in [1.54, 1.807) is 13.8 Å². The Balaban J connectivity index is 3.09. The van der Waals surface area contributed by atoms with Gasteiger partial charge in [-0.15, -0.1) is 0 Å². The molecule has 108 valence electrons. The number of carboxylic acid groups (broad SMARTS) is 1. The summed E-state index contributed by atoms with van der Waals surface area (Å²) >= 11 is 5.67. The molecule has 0 aliphatic carbocycles. The molecule has 0 aliphatic heterocycles. The zero-order valence-electron chi connectivity index (χ0n) is 10.8. The Bertz CT molecular complexity index is 677. The van der Waals surface area contributed by atoms with Crippen molar-refractivity contribution in [3.05, 3.63) is 28.8 Å². The summed E-state index contributed by atoms with van der Waals surface area (Å²) in [6, 6.07) is 5.35. The van der Waals surface area contributed by atoms with Gasteiger partial charge in [-0.05, 0) is 32.0 Å². The molecule has 1 aromatic rings. The van der Waals surface area contributed by atoms with Gasteiger partial charge in [0.15, 0.2) is 0 Å². The van der Waals surface area contributed by atoms with Crippen LogP contribution in [0.15, 0.2) is 23.1 Å². The highest BCUT2D eigenvalue weighted by Gasteiger charge is 2.23. The van der Waals surface area contributed by atoms with Gasteiger partial charge in [-0.1, -0.05) is 11.6 Å². The average molecular weight is 317 g/mol. The van der Waals surface area contributed by atoms with Crippen molar-refractivity contribution in [2.75, 3.05) is 6.54 Å². The first-order valence-electron chi connectivity index (χ1n) is 5.53. The lowest BCUT2D eigenvalue weighted by Gasteiger charge is -2.16. The SMILES string of the molecule is CC(C)(C#N)CNS(=O)(=O)c1ccc(Cl)c(C(=O)O)c1. The molecular formula is C12H13ClN2O4S. The summed E-state index contributed by atoms with van der Waals surface area (Å²) < 4.78 is 26.3. The number of sulfonamides is 1. The molecule has 0 spiro atoms. The van der Waals surface area contributed by atoms with Gasteiger partial charge in [-0.2, -0.15) is 5.26 Å². The molecule has 6 nitrogen and oxygen atoms in total. The number of halogens is 1. The van der Waals surface area contributed by atoms with Crippen molar-refractivity contribution >= 4 is 27.6 Å². The van der Waals surface area contributed by atoms with Crippen LogP contribution in [0.5, 0.6) is 0 Å². The van der Waals surface area contributed by atoms with Crippen LogP contribution in [-0.2, 0) is 10.0 Å². The monoisotopic (exact) mass is 316 g/mol. The van der Waals surface area contributed by atoms with E-state index in [0.29, 0.717) is 0 Å². The number of nitrogens with zero attached hydrogens (tertiary/aromatic N) is 1. The number of hydrogen-bond donors (Lipinski definition) is 2. The molecule has 0 saturated heterocycles. The number of rotatable bonds is 5. The summed E-state index contributed by atoms with van der Waals surface area (Å²) in [6.45, 7) is 3.08. The molecular weight excluding hydrogens is 304 g/mol. The second-order valence-corrected chi connectivity index (χ2v) is 6.94. The lowest BCUT2D eigenvalue weighted by molar-refractivity contribution is 0.0697. The molecule has 0 heterocycles. The maximum absolute atomic E-state index is 12.0. The molecule has 0 atom stereocenters. The number of nitrogens with one attached hydrogen (secondary N) is 1. The van der Waals surface area contributed by atoms with E-state index in [9.17, 15) is 13.2 Å². The van der Waals surface area contributed by atoms with Gasteiger partial charge in [0, 0.05) is 6.54 Å². The van der Waals surface area contributed by atoms with Crippen molar-refractivity contribution in [2.45, 2.75) is 18.7 Å². The lowest BCUT2D eigenvalue weighted by atomic mass is 9.97. The Morgan fingerprint density at radius 1 is 1.50 bits per heavy atom. The average Bonchev–Trinajstić information content (AvgIpc) is 2.36. The molecule has 0 aromatic heterocycles. The minimum Gasteiger partial charge on any atom is -0.478 e. The van der Waals surface area contributed by atoms with Crippen molar-refractivity contribution in [3.63, 3.8) is 0 Å². The number of nitriles is 1. The fourth-order valence-corrected chi connectivity index (χ4v) is 2.67. The summed E-state index contributed by atoms with van der Waals surface area (Å²) in [5, 5.41) is 17.7. The van der Waals surface area contributed by atoms with Gasteiger partial charge in [0.05, 0.1) is 27.0 Å². The lowest BCUT2D eigenvalue weighted by Crippen LogP contribution is -2.33. The molecule has 0 saturated carbocycles. The van der Waals surface area contributed by atoms with Crippen LogP contribution in [0.2, 0.25) is 5.02 Å². The molecule has 8 heteroatoms. The second kappa shape index (κ2) is 5.79. The van der Waals surface area contributed by atoms with Crippen LogP contribution in [0.1, 0.15) is 24.2 Å². The molecule has 0 fully saturated rings. The number of carbonyl (C=O) groups is 1. The largest absolute Gasteiger partial charge is 0.478 e. The fraction of sp³-hybridized carbons (Fsp3) is 0.333. The Kier molecular flexibility index (Phi) is 4.76. The summed E-state index contributed by atoms with van der Waals surface area (Å²) in [5.41, 5.74) is -1.16. The van der Waals surface area contributed by atoms with Crippen molar-refractivity contribution in [3.8, 4) is 6.07 Å². The Morgan fingerprint density at radius 2 is 2.10 bits per heavy atom. The first-order chi connectivity index (χ1) is 9.09.